The molecule has 0 radical (unpaired) electrons. The van der Waals surface area contributed by atoms with Crippen molar-refractivity contribution in [1.82, 2.24) is 0 Å². The molecule has 1 nitrogen and oxygen atoms in total. The van der Waals surface area contributed by atoms with Gasteiger partial charge in [0.25, 0.3) is 0 Å². The summed E-state index contributed by atoms with van der Waals surface area (Å²) in [5.41, 5.74) is 5.07. The van der Waals surface area contributed by atoms with Gasteiger partial charge in [-0.25, -0.2) is 0 Å². The topological polar surface area (TPSA) is 17.1 Å². The summed E-state index contributed by atoms with van der Waals surface area (Å²) >= 11 is 1.61. The van der Waals surface area contributed by atoms with Crippen LogP contribution in [0.1, 0.15) is 27.0 Å². The lowest BCUT2D eigenvalue weighted by atomic mass is 10.0. The van der Waals surface area contributed by atoms with E-state index in [1.807, 2.05) is 42.6 Å². The third-order valence-corrected chi connectivity index (χ3v) is 4.49. The second-order valence-electron chi connectivity index (χ2n) is 5.26. The number of hydrogen-bond acceptors (Lipinski definition) is 2. The van der Waals surface area contributed by atoms with Gasteiger partial charge in [-0.05, 0) is 25.5 Å². The van der Waals surface area contributed by atoms with Crippen LogP contribution in [0.5, 0.6) is 0 Å². The van der Waals surface area contributed by atoms with Crippen molar-refractivity contribution >= 4 is 17.1 Å². The Morgan fingerprint density at radius 1 is 0.810 bits per heavy atom. The summed E-state index contributed by atoms with van der Waals surface area (Å²) in [6.45, 7) is 4.10. The lowest BCUT2D eigenvalue weighted by molar-refractivity contribution is 0.103. The van der Waals surface area contributed by atoms with Gasteiger partial charge in [-0.2, -0.15) is 0 Å². The lowest BCUT2D eigenvalue weighted by Gasteiger charge is -1.99. The van der Waals surface area contributed by atoms with E-state index in [9.17, 15) is 4.79 Å². The Morgan fingerprint density at radius 2 is 1.38 bits per heavy atom. The molecule has 104 valence electrons. The predicted octanol–water partition coefficient (Wildman–Crippen LogP) is 5.26. The van der Waals surface area contributed by atoms with Crippen molar-refractivity contribution in [3.05, 3.63) is 82.2 Å². The summed E-state index contributed by atoms with van der Waals surface area (Å²) in [4.78, 5) is 13.6. The van der Waals surface area contributed by atoms with Crippen LogP contribution in [0.3, 0.4) is 0 Å². The lowest BCUT2D eigenvalue weighted by Crippen LogP contribution is -1.98. The number of hydrogen-bond donors (Lipinski definition) is 0. The molecule has 0 atom stereocenters. The minimum absolute atomic E-state index is 0.0876. The molecule has 2 aromatic carbocycles. The van der Waals surface area contributed by atoms with Crippen LogP contribution < -0.4 is 0 Å². The first-order valence-corrected chi connectivity index (χ1v) is 7.78. The Morgan fingerprint density at radius 3 is 2.00 bits per heavy atom. The second-order valence-corrected chi connectivity index (χ2v) is 6.17. The van der Waals surface area contributed by atoms with Gasteiger partial charge in [-0.1, -0.05) is 59.7 Å². The van der Waals surface area contributed by atoms with Gasteiger partial charge in [0.1, 0.15) is 0 Å². The third-order valence-electron chi connectivity index (χ3n) is 3.51. The van der Waals surface area contributed by atoms with Crippen LogP contribution in [0.25, 0.3) is 10.4 Å². The molecule has 0 N–H and O–H groups in total. The van der Waals surface area contributed by atoms with E-state index in [0.29, 0.717) is 0 Å². The number of ketones is 1. The number of carbonyl (C=O) groups excluding carboxylic acids is 1. The smallest absolute Gasteiger partial charge is 0.193 e. The highest BCUT2D eigenvalue weighted by Crippen LogP contribution is 2.28. The molecule has 0 aliphatic heterocycles. The number of thiophene rings is 1. The second kappa shape index (κ2) is 5.66. The average molecular weight is 292 g/mol. The first kappa shape index (κ1) is 13.8. The Balaban J connectivity index is 1.89. The molecule has 1 heterocycles. The Hall–Kier alpha value is -2.19. The Kier molecular flexibility index (Phi) is 3.72. The molecule has 21 heavy (non-hydrogen) atoms. The summed E-state index contributed by atoms with van der Waals surface area (Å²) in [5.74, 6) is 0.0876. The number of aryl methyl sites for hydroxylation is 2. The molecule has 1 aromatic heterocycles. The fraction of sp³-hybridized carbons (Fsp3) is 0.105. The van der Waals surface area contributed by atoms with Gasteiger partial charge in [-0.3, -0.25) is 4.79 Å². The monoisotopic (exact) mass is 292 g/mol. The van der Waals surface area contributed by atoms with Gasteiger partial charge >= 0.3 is 0 Å². The van der Waals surface area contributed by atoms with E-state index in [1.165, 1.54) is 5.56 Å². The van der Waals surface area contributed by atoms with Crippen molar-refractivity contribution in [2.24, 2.45) is 0 Å². The molecule has 0 aliphatic rings. The minimum atomic E-state index is 0.0876. The molecule has 0 fully saturated rings. The fourth-order valence-electron chi connectivity index (χ4n) is 2.20. The summed E-state index contributed by atoms with van der Waals surface area (Å²) in [6.07, 6.45) is 0. The summed E-state index contributed by atoms with van der Waals surface area (Å²) in [5, 5.41) is 1.94. The van der Waals surface area contributed by atoms with E-state index in [2.05, 4.69) is 31.2 Å². The maximum absolute atomic E-state index is 12.5. The van der Waals surface area contributed by atoms with Gasteiger partial charge in [-0.15, -0.1) is 11.3 Å². The predicted molar refractivity (Wildman–Crippen MR) is 89.1 cm³/mol. The van der Waals surface area contributed by atoms with Crippen LogP contribution in [-0.2, 0) is 0 Å². The van der Waals surface area contributed by atoms with Crippen molar-refractivity contribution in [3.63, 3.8) is 0 Å². The zero-order valence-electron chi connectivity index (χ0n) is 12.1. The summed E-state index contributed by atoms with van der Waals surface area (Å²) in [6, 6.07) is 18.1. The third kappa shape index (κ3) is 2.96. The molecule has 0 amide bonds. The number of rotatable bonds is 3. The quantitative estimate of drug-likeness (QED) is 0.601. The number of benzene rings is 2. The molecule has 0 bridgehead atoms. The maximum atomic E-state index is 12.5. The zero-order valence-corrected chi connectivity index (χ0v) is 12.9. The van der Waals surface area contributed by atoms with Gasteiger partial charge in [0.15, 0.2) is 5.78 Å². The van der Waals surface area contributed by atoms with E-state index in [0.717, 1.165) is 27.1 Å². The van der Waals surface area contributed by atoms with Gasteiger partial charge in [0, 0.05) is 21.4 Å². The molecule has 3 aromatic rings. The fourth-order valence-corrected chi connectivity index (χ4v) is 3.09. The SMILES string of the molecule is Cc1ccc(C(=O)c2csc(-c3ccc(C)cc3)c2)cc1. The molecule has 0 spiro atoms. The molecule has 2 heteroatoms. The van der Waals surface area contributed by atoms with Crippen LogP contribution in [0.2, 0.25) is 0 Å². The molecular weight excluding hydrogens is 276 g/mol. The molecule has 0 unspecified atom stereocenters. The van der Waals surface area contributed by atoms with Crippen molar-refractivity contribution < 1.29 is 4.79 Å². The van der Waals surface area contributed by atoms with Crippen LogP contribution in [0.15, 0.2) is 60.0 Å². The maximum Gasteiger partial charge on any atom is 0.193 e. The van der Waals surface area contributed by atoms with Gasteiger partial charge < -0.3 is 0 Å². The van der Waals surface area contributed by atoms with Crippen molar-refractivity contribution in [1.29, 1.82) is 0 Å². The summed E-state index contributed by atoms with van der Waals surface area (Å²) < 4.78 is 0. The van der Waals surface area contributed by atoms with Crippen LogP contribution >= 0.6 is 11.3 Å². The highest BCUT2D eigenvalue weighted by atomic mass is 32.1. The molecule has 3 rings (SSSR count). The molecule has 0 saturated carbocycles. The van der Waals surface area contributed by atoms with E-state index in [1.54, 1.807) is 11.3 Å². The zero-order chi connectivity index (χ0) is 14.8. The van der Waals surface area contributed by atoms with Gasteiger partial charge in [0.05, 0.1) is 0 Å². The molecular formula is C19H16OS. The highest BCUT2D eigenvalue weighted by molar-refractivity contribution is 7.13. The molecule has 0 saturated heterocycles. The van der Waals surface area contributed by atoms with Crippen molar-refractivity contribution in [3.8, 4) is 10.4 Å². The van der Waals surface area contributed by atoms with Gasteiger partial charge in [0.2, 0.25) is 0 Å². The van der Waals surface area contributed by atoms with E-state index in [-0.39, 0.29) is 5.78 Å². The highest BCUT2D eigenvalue weighted by Gasteiger charge is 2.12. The normalized spacial score (nSPS) is 10.6. The largest absolute Gasteiger partial charge is 0.289 e. The van der Waals surface area contributed by atoms with Crippen LogP contribution in [-0.4, -0.2) is 5.78 Å². The van der Waals surface area contributed by atoms with E-state index >= 15 is 0 Å². The minimum Gasteiger partial charge on any atom is -0.289 e. The van der Waals surface area contributed by atoms with Crippen LogP contribution in [0.4, 0.5) is 0 Å². The Labute approximate surface area is 128 Å². The summed E-state index contributed by atoms with van der Waals surface area (Å²) in [7, 11) is 0. The molecule has 0 aliphatic carbocycles. The van der Waals surface area contributed by atoms with Crippen LogP contribution in [0, 0.1) is 13.8 Å². The van der Waals surface area contributed by atoms with E-state index in [4.69, 9.17) is 0 Å². The van der Waals surface area contributed by atoms with Crippen molar-refractivity contribution in [2.45, 2.75) is 13.8 Å². The van der Waals surface area contributed by atoms with E-state index < -0.39 is 0 Å². The number of carbonyl (C=O) groups is 1. The Bertz CT molecular complexity index is 764. The first-order chi connectivity index (χ1) is 10.1. The van der Waals surface area contributed by atoms with Crippen molar-refractivity contribution in [2.75, 3.05) is 0 Å². The average Bonchev–Trinajstić information content (AvgIpc) is 2.98. The first-order valence-electron chi connectivity index (χ1n) is 6.90. The standard InChI is InChI=1S/C19H16OS/c1-13-3-7-15(8-4-13)18-11-17(12-21-18)19(20)16-9-5-14(2)6-10-16/h3-12H,1-2H3.